The van der Waals surface area contributed by atoms with E-state index in [0.717, 1.165) is 17.4 Å². The molecule has 0 aromatic heterocycles. The zero-order chi connectivity index (χ0) is 13.9. The Kier molecular flexibility index (Phi) is 6.66. The van der Waals surface area contributed by atoms with Gasteiger partial charge < -0.3 is 4.74 Å². The second-order valence-electron chi connectivity index (χ2n) is 3.79. The first-order chi connectivity index (χ1) is 9.22. The van der Waals surface area contributed by atoms with Gasteiger partial charge in [-0.1, -0.05) is 60.7 Å². The molecule has 0 unspecified atom stereocenters. The van der Waals surface area contributed by atoms with Gasteiger partial charge in [0.2, 0.25) is 0 Å². The largest absolute Gasteiger partial charge is 0.461 e. The second kappa shape index (κ2) is 8.64. The van der Waals surface area contributed by atoms with Gasteiger partial charge in [0.25, 0.3) is 0 Å². The summed E-state index contributed by atoms with van der Waals surface area (Å²) in [5, 5.41) is 0. The maximum atomic E-state index is 10.4. The first-order valence-electron chi connectivity index (χ1n) is 5.90. The molecule has 2 aromatic carbocycles. The molecule has 0 saturated carbocycles. The fraction of sp³-hybridized carbons (Fsp3) is 0.125. The lowest BCUT2D eigenvalue weighted by Gasteiger charge is -1.99. The average molecular weight is 256 g/mol. The molecular formula is C16H16O3. The zero-order valence-electron chi connectivity index (χ0n) is 10.8. The monoisotopic (exact) mass is 256 g/mol. The molecule has 0 bridgehead atoms. The normalized spacial score (nSPS) is 8.89. The fourth-order valence-corrected chi connectivity index (χ4v) is 1.29. The standard InChI is InChI=1S/C9H10O2.C7H6O/c1-8(10)11-7-9-5-3-2-4-6-9;8-6-7-4-2-1-3-5-7/h2-6H,7H2,1H3;1-6H. The molecule has 0 aliphatic heterocycles. The maximum Gasteiger partial charge on any atom is 0.302 e. The third kappa shape index (κ3) is 6.78. The Labute approximate surface area is 112 Å². The van der Waals surface area contributed by atoms with Crippen molar-refractivity contribution in [1.29, 1.82) is 0 Å². The molecule has 0 aliphatic carbocycles. The molecule has 0 radical (unpaired) electrons. The molecule has 3 heteroatoms. The number of benzene rings is 2. The van der Waals surface area contributed by atoms with E-state index in [1.807, 2.05) is 48.5 Å². The lowest BCUT2D eigenvalue weighted by molar-refractivity contribution is -0.142. The SMILES string of the molecule is CC(=O)OCc1ccccc1.O=Cc1ccccc1. The summed E-state index contributed by atoms with van der Waals surface area (Å²) in [4.78, 5) is 20.4. The molecule has 0 atom stereocenters. The highest BCUT2D eigenvalue weighted by molar-refractivity contribution is 5.74. The van der Waals surface area contributed by atoms with Crippen LogP contribution in [-0.4, -0.2) is 12.3 Å². The Morgan fingerprint density at radius 3 is 1.95 bits per heavy atom. The quantitative estimate of drug-likeness (QED) is 0.625. The van der Waals surface area contributed by atoms with Gasteiger partial charge in [0.1, 0.15) is 12.9 Å². The van der Waals surface area contributed by atoms with Gasteiger partial charge >= 0.3 is 5.97 Å². The highest BCUT2D eigenvalue weighted by Crippen LogP contribution is 1.99. The van der Waals surface area contributed by atoms with E-state index in [2.05, 4.69) is 0 Å². The molecule has 0 aliphatic rings. The lowest BCUT2D eigenvalue weighted by Crippen LogP contribution is -1.97. The molecule has 0 fully saturated rings. The van der Waals surface area contributed by atoms with E-state index in [9.17, 15) is 9.59 Å². The van der Waals surface area contributed by atoms with E-state index in [1.54, 1.807) is 12.1 Å². The third-order valence-electron chi connectivity index (χ3n) is 2.22. The van der Waals surface area contributed by atoms with Crippen LogP contribution in [0.2, 0.25) is 0 Å². The summed E-state index contributed by atoms with van der Waals surface area (Å²) in [5.74, 6) is -0.242. The smallest absolute Gasteiger partial charge is 0.302 e. The molecule has 2 rings (SSSR count). The van der Waals surface area contributed by atoms with Crippen LogP contribution < -0.4 is 0 Å². The van der Waals surface area contributed by atoms with E-state index in [-0.39, 0.29) is 5.97 Å². The van der Waals surface area contributed by atoms with Crippen molar-refractivity contribution in [2.75, 3.05) is 0 Å². The van der Waals surface area contributed by atoms with E-state index in [0.29, 0.717) is 6.61 Å². The van der Waals surface area contributed by atoms with E-state index >= 15 is 0 Å². The summed E-state index contributed by atoms with van der Waals surface area (Å²) >= 11 is 0. The Morgan fingerprint density at radius 2 is 1.53 bits per heavy atom. The van der Waals surface area contributed by atoms with Gasteiger partial charge in [0, 0.05) is 12.5 Å². The van der Waals surface area contributed by atoms with Crippen molar-refractivity contribution in [3.63, 3.8) is 0 Å². The number of aldehydes is 1. The number of hydrogen-bond donors (Lipinski definition) is 0. The topological polar surface area (TPSA) is 43.4 Å². The summed E-state index contributed by atoms with van der Waals surface area (Å²) in [7, 11) is 0. The number of carbonyl (C=O) groups is 2. The molecule has 0 N–H and O–H groups in total. The zero-order valence-corrected chi connectivity index (χ0v) is 10.8. The van der Waals surface area contributed by atoms with Gasteiger partial charge in [-0.05, 0) is 5.56 Å². The highest BCUT2D eigenvalue weighted by Gasteiger charge is 1.93. The van der Waals surface area contributed by atoms with Gasteiger partial charge in [0.15, 0.2) is 0 Å². The number of ether oxygens (including phenoxy) is 1. The van der Waals surface area contributed by atoms with Gasteiger partial charge in [-0.3, -0.25) is 9.59 Å². The summed E-state index contributed by atoms with van der Waals surface area (Å²) in [6.45, 7) is 1.78. The summed E-state index contributed by atoms with van der Waals surface area (Å²) in [6, 6.07) is 18.7. The second-order valence-corrected chi connectivity index (χ2v) is 3.79. The molecule has 98 valence electrons. The van der Waals surface area contributed by atoms with Crippen LogP contribution in [0.15, 0.2) is 60.7 Å². The Bertz CT molecular complexity index is 492. The lowest BCUT2D eigenvalue weighted by atomic mass is 10.2. The maximum absolute atomic E-state index is 10.4. The average Bonchev–Trinajstić information content (AvgIpc) is 2.48. The van der Waals surface area contributed by atoms with Crippen molar-refractivity contribution >= 4 is 12.3 Å². The Morgan fingerprint density at radius 1 is 1.00 bits per heavy atom. The minimum atomic E-state index is -0.242. The van der Waals surface area contributed by atoms with Crippen molar-refractivity contribution in [3.8, 4) is 0 Å². The Hall–Kier alpha value is -2.42. The predicted octanol–water partition coefficient (Wildman–Crippen LogP) is 3.25. The van der Waals surface area contributed by atoms with Crippen molar-refractivity contribution in [3.05, 3.63) is 71.8 Å². The van der Waals surface area contributed by atoms with Crippen LogP contribution in [0, 0.1) is 0 Å². The molecule has 2 aromatic rings. The number of esters is 1. The molecule has 0 saturated heterocycles. The van der Waals surface area contributed by atoms with Crippen molar-refractivity contribution in [1.82, 2.24) is 0 Å². The fourth-order valence-electron chi connectivity index (χ4n) is 1.29. The van der Waals surface area contributed by atoms with Crippen LogP contribution in [0.5, 0.6) is 0 Å². The third-order valence-corrected chi connectivity index (χ3v) is 2.22. The van der Waals surface area contributed by atoms with Gasteiger partial charge in [-0.2, -0.15) is 0 Å². The van der Waals surface area contributed by atoms with Crippen molar-refractivity contribution in [2.45, 2.75) is 13.5 Å². The van der Waals surface area contributed by atoms with E-state index in [1.165, 1.54) is 6.92 Å². The Balaban J connectivity index is 0.000000200. The van der Waals surface area contributed by atoms with E-state index < -0.39 is 0 Å². The van der Waals surface area contributed by atoms with Gasteiger partial charge in [-0.15, -0.1) is 0 Å². The first kappa shape index (κ1) is 14.6. The number of rotatable bonds is 3. The number of carbonyl (C=O) groups excluding carboxylic acids is 2. The van der Waals surface area contributed by atoms with Crippen LogP contribution in [0.1, 0.15) is 22.8 Å². The molecule has 3 nitrogen and oxygen atoms in total. The van der Waals surface area contributed by atoms with Crippen molar-refractivity contribution in [2.24, 2.45) is 0 Å². The highest BCUT2D eigenvalue weighted by atomic mass is 16.5. The van der Waals surface area contributed by atoms with Crippen LogP contribution in [0.3, 0.4) is 0 Å². The molecule has 0 amide bonds. The van der Waals surface area contributed by atoms with E-state index in [4.69, 9.17) is 4.74 Å². The van der Waals surface area contributed by atoms with Crippen LogP contribution >= 0.6 is 0 Å². The van der Waals surface area contributed by atoms with Crippen molar-refractivity contribution < 1.29 is 14.3 Å². The summed E-state index contributed by atoms with van der Waals surface area (Å²) in [6.07, 6.45) is 0.833. The van der Waals surface area contributed by atoms with Gasteiger partial charge in [0.05, 0.1) is 0 Å². The molecule has 0 heterocycles. The van der Waals surface area contributed by atoms with Crippen LogP contribution in [0.4, 0.5) is 0 Å². The predicted molar refractivity (Wildman–Crippen MR) is 73.7 cm³/mol. The summed E-state index contributed by atoms with van der Waals surface area (Å²) in [5.41, 5.74) is 1.75. The molecule has 19 heavy (non-hydrogen) atoms. The molecule has 0 spiro atoms. The van der Waals surface area contributed by atoms with Crippen LogP contribution in [0.25, 0.3) is 0 Å². The van der Waals surface area contributed by atoms with Crippen LogP contribution in [-0.2, 0) is 16.1 Å². The minimum Gasteiger partial charge on any atom is -0.461 e. The number of hydrogen-bond acceptors (Lipinski definition) is 3. The van der Waals surface area contributed by atoms with Gasteiger partial charge in [-0.25, -0.2) is 0 Å². The molecular weight excluding hydrogens is 240 g/mol. The first-order valence-corrected chi connectivity index (χ1v) is 5.90. The summed E-state index contributed by atoms with van der Waals surface area (Å²) < 4.78 is 4.79. The minimum absolute atomic E-state index is 0.242.